The fraction of sp³-hybridized carbons (Fsp3) is 0.111. The van der Waals surface area contributed by atoms with Crippen LogP contribution in [-0.2, 0) is 17.0 Å². The van der Waals surface area contributed by atoms with Crippen molar-refractivity contribution >= 4 is 46.3 Å². The summed E-state index contributed by atoms with van der Waals surface area (Å²) >= 11 is 9.00. The molecule has 7 heteroatoms. The third-order valence-electron chi connectivity index (χ3n) is 3.26. The topological polar surface area (TPSA) is 42.0 Å². The number of hydrogen-bond donors (Lipinski definition) is 1. The van der Waals surface area contributed by atoms with E-state index in [1.54, 1.807) is 23.9 Å². The molecule has 0 spiro atoms. The number of nitrogens with zero attached hydrogens (tertiary/aromatic N) is 1. The molecule has 0 radical (unpaired) electrons. The van der Waals surface area contributed by atoms with Crippen LogP contribution in [0.4, 0.5) is 10.1 Å². The van der Waals surface area contributed by atoms with E-state index in [1.165, 1.54) is 23.5 Å². The van der Waals surface area contributed by atoms with E-state index >= 15 is 0 Å². The van der Waals surface area contributed by atoms with Gasteiger partial charge < -0.3 is 5.32 Å². The number of amides is 1. The van der Waals surface area contributed by atoms with Crippen LogP contribution in [0.5, 0.6) is 0 Å². The quantitative estimate of drug-likeness (QED) is 0.570. The summed E-state index contributed by atoms with van der Waals surface area (Å²) < 4.78 is 14.0. The molecule has 0 fully saturated rings. The van der Waals surface area contributed by atoms with Gasteiger partial charge in [0.15, 0.2) is 0 Å². The number of aromatic nitrogens is 1. The van der Waals surface area contributed by atoms with Crippen LogP contribution in [-0.4, -0.2) is 10.9 Å². The highest BCUT2D eigenvalue weighted by molar-refractivity contribution is 8.00. The number of anilines is 1. The molecule has 0 saturated heterocycles. The number of halogens is 2. The van der Waals surface area contributed by atoms with Crippen LogP contribution in [0.1, 0.15) is 11.3 Å². The Morgan fingerprint density at radius 1 is 1.24 bits per heavy atom. The second kappa shape index (κ2) is 8.47. The van der Waals surface area contributed by atoms with Crippen molar-refractivity contribution in [3.05, 3.63) is 76.0 Å². The summed E-state index contributed by atoms with van der Waals surface area (Å²) in [5, 5.41) is 5.26. The first-order valence-electron chi connectivity index (χ1n) is 7.45. The van der Waals surface area contributed by atoms with E-state index in [1.807, 2.05) is 29.6 Å². The molecule has 2 aromatic carbocycles. The van der Waals surface area contributed by atoms with Gasteiger partial charge in [-0.3, -0.25) is 4.79 Å². The van der Waals surface area contributed by atoms with Crippen LogP contribution in [0, 0.1) is 5.82 Å². The average molecular weight is 393 g/mol. The lowest BCUT2D eigenvalue weighted by atomic mass is 10.2. The van der Waals surface area contributed by atoms with Gasteiger partial charge in [-0.2, -0.15) is 0 Å². The SMILES string of the molecule is O=C(Cc1csc(SCc2ccc(Cl)cc2)n1)Nc1cccc(F)c1. The molecule has 128 valence electrons. The molecule has 1 amide bonds. The number of thioether (sulfide) groups is 1. The van der Waals surface area contributed by atoms with Crippen molar-refractivity contribution in [1.29, 1.82) is 0 Å². The van der Waals surface area contributed by atoms with Gasteiger partial charge in [0.05, 0.1) is 12.1 Å². The Kier molecular flexibility index (Phi) is 6.07. The number of carbonyl (C=O) groups is 1. The van der Waals surface area contributed by atoms with E-state index in [-0.39, 0.29) is 18.1 Å². The lowest BCUT2D eigenvalue weighted by Crippen LogP contribution is -2.14. The molecule has 0 atom stereocenters. The third kappa shape index (κ3) is 5.56. The van der Waals surface area contributed by atoms with E-state index in [2.05, 4.69) is 10.3 Å². The Hall–Kier alpha value is -1.89. The molecule has 0 aliphatic heterocycles. The van der Waals surface area contributed by atoms with Gasteiger partial charge in [0.25, 0.3) is 0 Å². The van der Waals surface area contributed by atoms with Crippen LogP contribution in [0.2, 0.25) is 5.02 Å². The molecule has 1 N–H and O–H groups in total. The molecule has 1 heterocycles. The predicted octanol–water partition coefficient (Wildman–Crippen LogP) is 5.41. The number of nitrogens with one attached hydrogen (secondary N) is 1. The van der Waals surface area contributed by atoms with Crippen molar-refractivity contribution < 1.29 is 9.18 Å². The zero-order valence-electron chi connectivity index (χ0n) is 13.0. The second-order valence-corrected chi connectivity index (χ2v) is 7.77. The summed E-state index contributed by atoms with van der Waals surface area (Å²) in [6.45, 7) is 0. The van der Waals surface area contributed by atoms with Crippen LogP contribution in [0.3, 0.4) is 0 Å². The van der Waals surface area contributed by atoms with Gasteiger partial charge in [-0.1, -0.05) is 41.6 Å². The van der Waals surface area contributed by atoms with E-state index in [0.717, 1.165) is 20.7 Å². The van der Waals surface area contributed by atoms with Crippen molar-refractivity contribution in [3.8, 4) is 0 Å². The highest BCUT2D eigenvalue weighted by Gasteiger charge is 2.09. The lowest BCUT2D eigenvalue weighted by molar-refractivity contribution is -0.115. The Balaban J connectivity index is 1.52. The number of benzene rings is 2. The standard InChI is InChI=1S/C18H14ClFN2OS2/c19-13-6-4-12(5-7-13)10-24-18-22-16(11-25-18)9-17(23)21-15-3-1-2-14(20)8-15/h1-8,11H,9-10H2,(H,21,23). The van der Waals surface area contributed by atoms with Gasteiger partial charge in [-0.25, -0.2) is 9.37 Å². The van der Waals surface area contributed by atoms with Crippen LogP contribution >= 0.6 is 34.7 Å². The van der Waals surface area contributed by atoms with Crippen molar-refractivity contribution in [2.45, 2.75) is 16.5 Å². The number of carbonyl (C=O) groups excluding carboxylic acids is 1. The van der Waals surface area contributed by atoms with Crippen LogP contribution in [0.15, 0.2) is 58.3 Å². The van der Waals surface area contributed by atoms with E-state index in [0.29, 0.717) is 11.4 Å². The van der Waals surface area contributed by atoms with Gasteiger partial charge in [-0.15, -0.1) is 11.3 Å². The van der Waals surface area contributed by atoms with E-state index < -0.39 is 0 Å². The normalized spacial score (nSPS) is 10.6. The molecular formula is C18H14ClFN2OS2. The second-order valence-electron chi connectivity index (χ2n) is 5.26. The molecule has 25 heavy (non-hydrogen) atoms. The maximum Gasteiger partial charge on any atom is 0.230 e. The minimum atomic E-state index is -0.382. The molecule has 3 nitrogen and oxygen atoms in total. The third-order valence-corrected chi connectivity index (χ3v) is 5.65. The summed E-state index contributed by atoms with van der Waals surface area (Å²) in [4.78, 5) is 16.5. The predicted molar refractivity (Wildman–Crippen MR) is 102 cm³/mol. The molecule has 0 saturated carbocycles. The Labute approximate surface area is 158 Å². The maximum atomic E-state index is 13.1. The highest BCUT2D eigenvalue weighted by Crippen LogP contribution is 2.27. The van der Waals surface area contributed by atoms with Crippen LogP contribution in [0.25, 0.3) is 0 Å². The van der Waals surface area contributed by atoms with Crippen molar-refractivity contribution in [1.82, 2.24) is 4.98 Å². The van der Waals surface area contributed by atoms with E-state index in [9.17, 15) is 9.18 Å². The molecule has 0 aliphatic rings. The van der Waals surface area contributed by atoms with Crippen molar-refractivity contribution in [2.75, 3.05) is 5.32 Å². The zero-order valence-corrected chi connectivity index (χ0v) is 15.4. The Morgan fingerprint density at radius 3 is 2.80 bits per heavy atom. The highest BCUT2D eigenvalue weighted by atomic mass is 35.5. The first-order valence-corrected chi connectivity index (χ1v) is 9.70. The maximum absolute atomic E-state index is 13.1. The molecule has 1 aromatic heterocycles. The lowest BCUT2D eigenvalue weighted by Gasteiger charge is -2.03. The first kappa shape index (κ1) is 17.9. The number of rotatable bonds is 6. The monoisotopic (exact) mass is 392 g/mol. The van der Waals surface area contributed by atoms with Crippen molar-refractivity contribution in [2.24, 2.45) is 0 Å². The number of hydrogen-bond acceptors (Lipinski definition) is 4. The molecule has 0 unspecified atom stereocenters. The summed E-state index contributed by atoms with van der Waals surface area (Å²) in [7, 11) is 0. The average Bonchev–Trinajstić information content (AvgIpc) is 3.01. The fourth-order valence-electron chi connectivity index (χ4n) is 2.10. The molecule has 0 bridgehead atoms. The Morgan fingerprint density at radius 2 is 2.04 bits per heavy atom. The molecule has 3 aromatic rings. The van der Waals surface area contributed by atoms with Gasteiger partial charge in [-0.05, 0) is 35.9 Å². The molecule has 3 rings (SSSR count). The fourth-order valence-corrected chi connectivity index (χ4v) is 4.02. The van der Waals surface area contributed by atoms with Crippen LogP contribution < -0.4 is 5.32 Å². The smallest absolute Gasteiger partial charge is 0.230 e. The summed E-state index contributed by atoms with van der Waals surface area (Å²) in [6, 6.07) is 13.5. The summed E-state index contributed by atoms with van der Waals surface area (Å²) in [5.74, 6) is 0.192. The largest absolute Gasteiger partial charge is 0.326 e. The minimum absolute atomic E-state index is 0.161. The first-order chi connectivity index (χ1) is 12.1. The minimum Gasteiger partial charge on any atom is -0.326 e. The van der Waals surface area contributed by atoms with Gasteiger partial charge in [0.1, 0.15) is 10.2 Å². The number of thiazole rings is 1. The van der Waals surface area contributed by atoms with E-state index in [4.69, 9.17) is 11.6 Å². The summed E-state index contributed by atoms with van der Waals surface area (Å²) in [6.07, 6.45) is 0.161. The van der Waals surface area contributed by atoms with Gasteiger partial charge in [0.2, 0.25) is 5.91 Å². The Bertz CT molecular complexity index is 868. The van der Waals surface area contributed by atoms with Gasteiger partial charge >= 0.3 is 0 Å². The van der Waals surface area contributed by atoms with Crippen molar-refractivity contribution in [3.63, 3.8) is 0 Å². The zero-order chi connectivity index (χ0) is 17.6. The molecule has 0 aliphatic carbocycles. The molecular weight excluding hydrogens is 379 g/mol. The van der Waals surface area contributed by atoms with Gasteiger partial charge in [0, 0.05) is 21.8 Å². The summed E-state index contributed by atoms with van der Waals surface area (Å²) in [5.41, 5.74) is 2.31.